The number of hydrogen-bond donors (Lipinski definition) is 1. The Kier molecular flexibility index (Phi) is 6.79. The molecule has 5 nitrogen and oxygen atoms in total. The minimum absolute atomic E-state index is 0.0591. The maximum Gasteiger partial charge on any atom is 0.221 e. The third-order valence-electron chi connectivity index (χ3n) is 3.63. The van der Waals surface area contributed by atoms with Crippen LogP contribution in [0.2, 0.25) is 0 Å². The standard InChI is InChI=1S/C13H26N2O3S/c1-3-4-5-8-14-13(16)6-9-15(2)12-7-10-19(17,18)11-12/h12H,3-11H2,1-2H3,(H,14,16). The molecule has 0 aromatic heterocycles. The van der Waals surface area contributed by atoms with E-state index < -0.39 is 9.84 Å². The molecule has 1 aliphatic heterocycles. The van der Waals surface area contributed by atoms with E-state index in [0.717, 1.165) is 25.8 Å². The van der Waals surface area contributed by atoms with Crippen molar-refractivity contribution >= 4 is 15.7 Å². The van der Waals surface area contributed by atoms with Gasteiger partial charge in [0.25, 0.3) is 0 Å². The van der Waals surface area contributed by atoms with Crippen LogP contribution in [0.3, 0.4) is 0 Å². The largest absolute Gasteiger partial charge is 0.356 e. The first kappa shape index (κ1) is 16.4. The third kappa shape index (κ3) is 6.38. The lowest BCUT2D eigenvalue weighted by atomic mass is 10.2. The Hall–Kier alpha value is -0.620. The van der Waals surface area contributed by atoms with Gasteiger partial charge >= 0.3 is 0 Å². The number of carbonyl (C=O) groups is 1. The predicted molar refractivity (Wildman–Crippen MR) is 76.8 cm³/mol. The SMILES string of the molecule is CCCCCNC(=O)CCN(C)C1CCS(=O)(=O)C1. The minimum Gasteiger partial charge on any atom is -0.356 e. The van der Waals surface area contributed by atoms with E-state index in [0.29, 0.717) is 19.4 Å². The molecule has 6 heteroatoms. The van der Waals surface area contributed by atoms with E-state index in [-0.39, 0.29) is 23.5 Å². The summed E-state index contributed by atoms with van der Waals surface area (Å²) >= 11 is 0. The van der Waals surface area contributed by atoms with E-state index >= 15 is 0 Å². The van der Waals surface area contributed by atoms with Gasteiger partial charge in [0.05, 0.1) is 11.5 Å². The zero-order valence-corrected chi connectivity index (χ0v) is 12.8. The van der Waals surface area contributed by atoms with Crippen molar-refractivity contribution < 1.29 is 13.2 Å². The summed E-state index contributed by atoms with van der Waals surface area (Å²) in [6, 6.07) is 0.0814. The quantitative estimate of drug-likeness (QED) is 0.672. The summed E-state index contributed by atoms with van der Waals surface area (Å²) < 4.78 is 22.8. The smallest absolute Gasteiger partial charge is 0.221 e. The van der Waals surface area contributed by atoms with Crippen LogP contribution in [0.25, 0.3) is 0 Å². The molecule has 0 radical (unpaired) electrons. The molecule has 19 heavy (non-hydrogen) atoms. The Balaban J connectivity index is 2.16. The Morgan fingerprint density at radius 2 is 2.11 bits per heavy atom. The van der Waals surface area contributed by atoms with Crippen molar-refractivity contribution in [3.63, 3.8) is 0 Å². The van der Waals surface area contributed by atoms with Crippen LogP contribution in [0.1, 0.15) is 39.0 Å². The van der Waals surface area contributed by atoms with Crippen LogP contribution in [-0.2, 0) is 14.6 Å². The first-order valence-corrected chi connectivity index (χ1v) is 8.94. The maximum absolute atomic E-state index is 11.6. The Labute approximate surface area is 116 Å². The first-order valence-electron chi connectivity index (χ1n) is 7.12. The molecule has 1 amide bonds. The molecule has 0 aromatic rings. The second kappa shape index (κ2) is 7.85. The van der Waals surface area contributed by atoms with Crippen molar-refractivity contribution in [3.8, 4) is 0 Å². The fourth-order valence-electron chi connectivity index (χ4n) is 2.27. The molecule has 112 valence electrons. The van der Waals surface area contributed by atoms with Crippen molar-refractivity contribution in [3.05, 3.63) is 0 Å². The van der Waals surface area contributed by atoms with Crippen LogP contribution in [0.15, 0.2) is 0 Å². The highest BCUT2D eigenvalue weighted by Gasteiger charge is 2.30. The van der Waals surface area contributed by atoms with Crippen molar-refractivity contribution in [2.45, 2.75) is 45.1 Å². The zero-order chi connectivity index (χ0) is 14.3. The molecule has 1 atom stereocenters. The van der Waals surface area contributed by atoms with Crippen LogP contribution in [-0.4, -0.2) is 56.9 Å². The lowest BCUT2D eigenvalue weighted by Gasteiger charge is -2.22. The van der Waals surface area contributed by atoms with Crippen molar-refractivity contribution in [2.75, 3.05) is 31.6 Å². The van der Waals surface area contributed by atoms with E-state index in [1.165, 1.54) is 0 Å². The monoisotopic (exact) mass is 290 g/mol. The van der Waals surface area contributed by atoms with Crippen LogP contribution in [0.4, 0.5) is 0 Å². The number of unbranched alkanes of at least 4 members (excludes halogenated alkanes) is 2. The fraction of sp³-hybridized carbons (Fsp3) is 0.923. The van der Waals surface area contributed by atoms with E-state index in [4.69, 9.17) is 0 Å². The summed E-state index contributed by atoms with van der Waals surface area (Å²) in [4.78, 5) is 13.6. The molecule has 1 rings (SSSR count). The summed E-state index contributed by atoms with van der Waals surface area (Å²) in [5.41, 5.74) is 0. The second-order valence-corrected chi connectivity index (χ2v) is 7.57. The van der Waals surface area contributed by atoms with Gasteiger partial charge in [-0.05, 0) is 19.9 Å². The lowest BCUT2D eigenvalue weighted by Crippen LogP contribution is -2.36. The molecule has 0 aliphatic carbocycles. The number of amides is 1. The average molecular weight is 290 g/mol. The predicted octanol–water partition coefficient (Wildman–Crippen LogP) is 0.802. The minimum atomic E-state index is -2.84. The highest BCUT2D eigenvalue weighted by molar-refractivity contribution is 7.91. The van der Waals surface area contributed by atoms with Gasteiger partial charge in [0.2, 0.25) is 5.91 Å². The van der Waals surface area contributed by atoms with Gasteiger partial charge < -0.3 is 10.2 Å². The van der Waals surface area contributed by atoms with Gasteiger partial charge in [0, 0.05) is 25.6 Å². The second-order valence-electron chi connectivity index (χ2n) is 5.34. The average Bonchev–Trinajstić information content (AvgIpc) is 2.72. The maximum atomic E-state index is 11.6. The fourth-order valence-corrected chi connectivity index (χ4v) is 4.08. The summed E-state index contributed by atoms with van der Waals surface area (Å²) in [6.45, 7) is 3.50. The van der Waals surface area contributed by atoms with Gasteiger partial charge in [-0.2, -0.15) is 0 Å². The summed E-state index contributed by atoms with van der Waals surface area (Å²) in [5.74, 6) is 0.580. The van der Waals surface area contributed by atoms with Gasteiger partial charge in [-0.1, -0.05) is 19.8 Å². The van der Waals surface area contributed by atoms with E-state index in [9.17, 15) is 13.2 Å². The molecular formula is C13H26N2O3S. The number of hydrogen-bond acceptors (Lipinski definition) is 4. The molecule has 1 unspecified atom stereocenters. The molecule has 1 saturated heterocycles. The molecule has 0 bridgehead atoms. The zero-order valence-electron chi connectivity index (χ0n) is 12.0. The van der Waals surface area contributed by atoms with Gasteiger partial charge in [0.1, 0.15) is 0 Å². The Morgan fingerprint density at radius 3 is 2.68 bits per heavy atom. The number of sulfone groups is 1. The van der Waals surface area contributed by atoms with E-state index in [1.807, 2.05) is 11.9 Å². The molecular weight excluding hydrogens is 264 g/mol. The van der Waals surface area contributed by atoms with Gasteiger partial charge in [-0.15, -0.1) is 0 Å². The van der Waals surface area contributed by atoms with Crippen LogP contribution in [0, 0.1) is 0 Å². The summed E-state index contributed by atoms with van der Waals surface area (Å²) in [6.07, 6.45) is 4.45. The molecule has 0 aromatic carbocycles. The summed E-state index contributed by atoms with van der Waals surface area (Å²) in [7, 11) is -0.943. The number of nitrogens with zero attached hydrogens (tertiary/aromatic N) is 1. The number of carbonyl (C=O) groups excluding carboxylic acids is 1. The number of rotatable bonds is 8. The third-order valence-corrected chi connectivity index (χ3v) is 5.38. The molecule has 1 heterocycles. The van der Waals surface area contributed by atoms with Crippen molar-refractivity contribution in [1.29, 1.82) is 0 Å². The van der Waals surface area contributed by atoms with Crippen LogP contribution < -0.4 is 5.32 Å². The Bertz CT molecular complexity index is 381. The van der Waals surface area contributed by atoms with Gasteiger partial charge in [-0.3, -0.25) is 4.79 Å². The van der Waals surface area contributed by atoms with Crippen molar-refractivity contribution in [2.24, 2.45) is 0 Å². The topological polar surface area (TPSA) is 66.5 Å². The Morgan fingerprint density at radius 1 is 1.37 bits per heavy atom. The van der Waals surface area contributed by atoms with Crippen LogP contribution >= 0.6 is 0 Å². The van der Waals surface area contributed by atoms with Gasteiger partial charge in [0.15, 0.2) is 9.84 Å². The van der Waals surface area contributed by atoms with Gasteiger partial charge in [-0.25, -0.2) is 8.42 Å². The molecule has 0 spiro atoms. The molecule has 1 aliphatic rings. The highest BCUT2D eigenvalue weighted by Crippen LogP contribution is 2.16. The lowest BCUT2D eigenvalue weighted by molar-refractivity contribution is -0.121. The first-order chi connectivity index (χ1) is 8.94. The highest BCUT2D eigenvalue weighted by atomic mass is 32.2. The van der Waals surface area contributed by atoms with Crippen LogP contribution in [0.5, 0.6) is 0 Å². The molecule has 1 fully saturated rings. The van der Waals surface area contributed by atoms with Crippen molar-refractivity contribution in [1.82, 2.24) is 10.2 Å². The molecule has 1 N–H and O–H groups in total. The molecule has 0 saturated carbocycles. The number of nitrogens with one attached hydrogen (secondary N) is 1. The normalized spacial score (nSPS) is 21.7. The van der Waals surface area contributed by atoms with E-state index in [1.54, 1.807) is 0 Å². The van der Waals surface area contributed by atoms with E-state index in [2.05, 4.69) is 12.2 Å². The summed E-state index contributed by atoms with van der Waals surface area (Å²) in [5, 5.41) is 2.90.